The van der Waals surface area contributed by atoms with Crippen LogP contribution < -0.4 is 14.8 Å². The lowest BCUT2D eigenvalue weighted by atomic mass is 10.0. The summed E-state index contributed by atoms with van der Waals surface area (Å²) in [6.07, 6.45) is 3.62. The minimum Gasteiger partial charge on any atom is -0.383 e. The number of ether oxygens (including phenoxy) is 1. The van der Waals surface area contributed by atoms with Crippen LogP contribution in [0, 0.1) is 5.82 Å². The highest BCUT2D eigenvalue weighted by Crippen LogP contribution is 2.14. The van der Waals surface area contributed by atoms with Crippen LogP contribution in [-0.2, 0) is 4.74 Å². The van der Waals surface area contributed by atoms with Crippen LogP contribution in [0.3, 0.4) is 0 Å². The van der Waals surface area contributed by atoms with E-state index in [1.54, 1.807) is 11.7 Å². The monoisotopic (exact) mass is 376 g/mol. The first-order chi connectivity index (χ1) is 12.4. The number of pyridine rings is 1. The number of ketones is 1. The van der Waals surface area contributed by atoms with Gasteiger partial charge in [0.05, 0.1) is 6.61 Å². The lowest BCUT2D eigenvalue weighted by Crippen LogP contribution is -2.51. The fourth-order valence-corrected chi connectivity index (χ4v) is 2.77. The van der Waals surface area contributed by atoms with Gasteiger partial charge in [0.2, 0.25) is 5.78 Å². The van der Waals surface area contributed by atoms with Crippen LogP contribution in [0.2, 0.25) is 0 Å². The van der Waals surface area contributed by atoms with E-state index in [0.29, 0.717) is 23.7 Å². The van der Waals surface area contributed by atoms with Crippen LogP contribution in [0.1, 0.15) is 16.4 Å². The molecule has 1 heterocycles. The van der Waals surface area contributed by atoms with E-state index in [1.165, 1.54) is 24.3 Å². The third-order valence-electron chi connectivity index (χ3n) is 3.88. The summed E-state index contributed by atoms with van der Waals surface area (Å²) in [5.74, 6) is -0.593. The Kier molecular flexibility index (Phi) is 7.17. The van der Waals surface area contributed by atoms with Gasteiger partial charge in [0.1, 0.15) is 5.82 Å². The fourth-order valence-electron chi connectivity index (χ4n) is 2.44. The van der Waals surface area contributed by atoms with E-state index in [9.17, 15) is 9.18 Å². The van der Waals surface area contributed by atoms with Crippen LogP contribution in [-0.4, -0.2) is 45.1 Å². The fraction of sp³-hybridized carbons (Fsp3) is 0.316. The Morgan fingerprint density at radius 2 is 1.85 bits per heavy atom. The molecule has 1 aromatic carbocycles. The first-order valence-electron chi connectivity index (χ1n) is 8.18. The summed E-state index contributed by atoms with van der Waals surface area (Å²) in [4.78, 5) is 15.4. The minimum atomic E-state index is -0.719. The zero-order valence-electron chi connectivity index (χ0n) is 15.1. The number of halogens is 1. The molecule has 2 rings (SSSR count). The van der Waals surface area contributed by atoms with Gasteiger partial charge in [0.25, 0.3) is 6.04 Å². The number of carbonyl (C=O) groups is 1. The molecule has 0 radical (unpaired) electrons. The van der Waals surface area contributed by atoms with Gasteiger partial charge < -0.3 is 15.0 Å². The Hall–Kier alpha value is -2.38. The summed E-state index contributed by atoms with van der Waals surface area (Å²) in [5.41, 5.74) is 1.41. The molecule has 1 aromatic heterocycles. The van der Waals surface area contributed by atoms with Gasteiger partial charge in [-0.15, -0.1) is 0 Å². The second-order valence-corrected chi connectivity index (χ2v) is 6.40. The topological polar surface area (TPSA) is 45.5 Å². The molecule has 0 saturated carbocycles. The second-order valence-electron chi connectivity index (χ2n) is 5.96. The van der Waals surface area contributed by atoms with Gasteiger partial charge in [-0.2, -0.15) is 4.57 Å². The summed E-state index contributed by atoms with van der Waals surface area (Å²) in [6, 6.07) is 8.57. The number of hydrogen-bond acceptors (Lipinski definition) is 4. The lowest BCUT2D eigenvalue weighted by Gasteiger charge is -2.16. The molecule has 0 saturated heterocycles. The molecule has 0 spiro atoms. The molecular weight excluding hydrogens is 353 g/mol. The summed E-state index contributed by atoms with van der Waals surface area (Å²) >= 11 is 5.46. The number of carbonyl (C=O) groups excluding carboxylic acids is 1. The van der Waals surface area contributed by atoms with Crippen molar-refractivity contribution in [2.45, 2.75) is 6.04 Å². The van der Waals surface area contributed by atoms with E-state index in [1.807, 2.05) is 43.5 Å². The van der Waals surface area contributed by atoms with E-state index in [-0.39, 0.29) is 11.6 Å². The number of nitrogens with one attached hydrogen (secondary N) is 1. The van der Waals surface area contributed by atoms with Gasteiger partial charge in [0.15, 0.2) is 17.4 Å². The van der Waals surface area contributed by atoms with Crippen molar-refractivity contribution in [3.05, 3.63) is 60.2 Å². The molecule has 0 unspecified atom stereocenters. The van der Waals surface area contributed by atoms with Crippen molar-refractivity contribution in [1.29, 1.82) is 0 Å². The summed E-state index contributed by atoms with van der Waals surface area (Å²) < 4.78 is 20.0. The molecule has 7 heteroatoms. The smallest absolute Gasteiger partial charge is 0.270 e. The van der Waals surface area contributed by atoms with E-state index in [0.717, 1.165) is 5.69 Å². The SMILES string of the molecule is COCCNC(=S)[C@@H](C(=O)c1ccc(F)cc1)[n+]1ccc(N(C)C)cc1. The Morgan fingerprint density at radius 1 is 1.23 bits per heavy atom. The number of methoxy groups -OCH3 is 1. The van der Waals surface area contributed by atoms with Crippen LogP contribution in [0.25, 0.3) is 0 Å². The predicted octanol–water partition coefficient (Wildman–Crippen LogP) is 2.17. The highest BCUT2D eigenvalue weighted by Gasteiger charge is 2.33. The maximum atomic E-state index is 13.2. The predicted molar refractivity (Wildman–Crippen MR) is 103 cm³/mol. The van der Waals surface area contributed by atoms with Gasteiger partial charge in [-0.3, -0.25) is 4.79 Å². The molecule has 2 aromatic rings. The molecule has 1 atom stereocenters. The number of nitrogens with zero attached hydrogens (tertiary/aromatic N) is 2. The Balaban J connectivity index is 2.32. The number of thiocarbonyl (C=S) groups is 1. The molecule has 0 aliphatic carbocycles. The van der Waals surface area contributed by atoms with E-state index < -0.39 is 6.04 Å². The Labute approximate surface area is 158 Å². The number of aromatic nitrogens is 1. The van der Waals surface area contributed by atoms with Crippen LogP contribution in [0.15, 0.2) is 48.8 Å². The minimum absolute atomic E-state index is 0.206. The van der Waals surface area contributed by atoms with Gasteiger partial charge >= 0.3 is 0 Å². The van der Waals surface area contributed by atoms with Crippen LogP contribution in [0.4, 0.5) is 10.1 Å². The highest BCUT2D eigenvalue weighted by atomic mass is 32.1. The number of rotatable bonds is 8. The largest absolute Gasteiger partial charge is 0.383 e. The normalized spacial score (nSPS) is 11.7. The Morgan fingerprint density at radius 3 is 2.38 bits per heavy atom. The average Bonchev–Trinajstić information content (AvgIpc) is 2.63. The third kappa shape index (κ3) is 5.06. The lowest BCUT2D eigenvalue weighted by molar-refractivity contribution is -0.692. The molecule has 0 aliphatic heterocycles. The maximum Gasteiger partial charge on any atom is 0.270 e. The number of hydrogen-bond donors (Lipinski definition) is 1. The number of Topliss-reactive ketones (excluding diaryl/α,β-unsaturated/α-hetero) is 1. The van der Waals surface area contributed by atoms with Gasteiger partial charge in [0, 0.05) is 51.1 Å². The molecule has 5 nitrogen and oxygen atoms in total. The molecule has 0 fully saturated rings. The van der Waals surface area contributed by atoms with Crippen molar-refractivity contribution >= 4 is 28.7 Å². The van der Waals surface area contributed by atoms with Gasteiger partial charge in [-0.1, -0.05) is 12.2 Å². The Bertz CT molecular complexity index is 748. The third-order valence-corrected chi connectivity index (χ3v) is 4.25. The summed E-state index contributed by atoms with van der Waals surface area (Å²) in [7, 11) is 5.48. The van der Waals surface area contributed by atoms with Crippen molar-refractivity contribution in [2.24, 2.45) is 0 Å². The van der Waals surface area contributed by atoms with E-state index in [2.05, 4.69) is 5.32 Å². The summed E-state index contributed by atoms with van der Waals surface area (Å²) in [6.45, 7) is 0.973. The number of anilines is 1. The van der Waals surface area contributed by atoms with Crippen molar-refractivity contribution in [1.82, 2.24) is 5.32 Å². The van der Waals surface area contributed by atoms with Crippen LogP contribution in [0.5, 0.6) is 0 Å². The molecule has 0 amide bonds. The molecule has 0 bridgehead atoms. The van der Waals surface area contributed by atoms with E-state index >= 15 is 0 Å². The zero-order chi connectivity index (χ0) is 19.1. The molecule has 1 N–H and O–H groups in total. The highest BCUT2D eigenvalue weighted by molar-refractivity contribution is 7.80. The first-order valence-corrected chi connectivity index (χ1v) is 8.59. The van der Waals surface area contributed by atoms with Gasteiger partial charge in [-0.25, -0.2) is 4.39 Å². The van der Waals surface area contributed by atoms with Crippen molar-refractivity contribution in [3.8, 4) is 0 Å². The molecular formula is C19H23FN3O2S+. The maximum absolute atomic E-state index is 13.2. The van der Waals surface area contributed by atoms with E-state index in [4.69, 9.17) is 17.0 Å². The standard InChI is InChI=1S/C19H22FN3O2S/c1-22(2)16-8-11-23(12-9-16)17(19(26)21-10-13-25-3)18(24)14-4-6-15(20)7-5-14/h4-9,11-12,17H,10,13H2,1-3H3/p+1/t17-/m1/s1. The molecule has 0 aliphatic rings. The summed E-state index contributed by atoms with van der Waals surface area (Å²) in [5, 5.41) is 3.06. The van der Waals surface area contributed by atoms with Gasteiger partial charge in [-0.05, 0) is 24.3 Å². The van der Waals surface area contributed by atoms with Crippen molar-refractivity contribution < 1.29 is 18.5 Å². The second kappa shape index (κ2) is 9.35. The van der Waals surface area contributed by atoms with Crippen LogP contribution >= 0.6 is 12.2 Å². The molecule has 138 valence electrons. The van der Waals surface area contributed by atoms with Crippen molar-refractivity contribution in [2.75, 3.05) is 39.3 Å². The average molecular weight is 376 g/mol. The quantitative estimate of drug-likeness (QED) is 0.331. The number of benzene rings is 1. The first kappa shape index (κ1) is 19.9. The molecule has 26 heavy (non-hydrogen) atoms. The zero-order valence-corrected chi connectivity index (χ0v) is 15.9. The van der Waals surface area contributed by atoms with Crippen molar-refractivity contribution in [3.63, 3.8) is 0 Å².